The Bertz CT molecular complexity index is 1570. The number of aromatic nitrogens is 1. The molecule has 1 aliphatic rings. The number of carbonyl (C=O) groups is 2. The molecule has 2 heterocycles. The van der Waals surface area contributed by atoms with Crippen molar-refractivity contribution in [1.29, 1.82) is 0 Å². The van der Waals surface area contributed by atoms with Gasteiger partial charge in [-0.05, 0) is 65.6 Å². The molecule has 0 aliphatic carbocycles. The zero-order chi connectivity index (χ0) is 27.5. The molecule has 5 rings (SSSR count). The molecule has 39 heavy (non-hydrogen) atoms. The number of benzene rings is 3. The standard InChI is InChI=1S/C31H24Cl2N2O4/c1-19-14-23(10-12-26(19)39-18-20-6-3-2-4-7-20)29(36)27-28(22-9-11-24(32)25(33)15-22)35(31(38)30(27)37)17-21-8-5-13-34-16-21/h2-16,28,36H,17-18H2,1H3/t28-/m0/s1. The van der Waals surface area contributed by atoms with Crippen LogP contribution in [0.3, 0.4) is 0 Å². The number of aliphatic hydroxyl groups excluding tert-OH is 1. The fourth-order valence-corrected chi connectivity index (χ4v) is 4.92. The molecule has 1 aromatic heterocycles. The smallest absolute Gasteiger partial charge is 0.295 e. The fraction of sp³-hybridized carbons (Fsp3) is 0.129. The van der Waals surface area contributed by atoms with Crippen LogP contribution in [0.4, 0.5) is 0 Å². The van der Waals surface area contributed by atoms with Crippen molar-refractivity contribution in [3.8, 4) is 5.75 Å². The van der Waals surface area contributed by atoms with Gasteiger partial charge in [0.05, 0.1) is 21.7 Å². The van der Waals surface area contributed by atoms with Crippen LogP contribution in [0.15, 0.2) is 96.8 Å². The van der Waals surface area contributed by atoms with Crippen molar-refractivity contribution in [2.75, 3.05) is 0 Å². The third kappa shape index (κ3) is 5.53. The van der Waals surface area contributed by atoms with Gasteiger partial charge in [0.25, 0.3) is 11.7 Å². The van der Waals surface area contributed by atoms with Gasteiger partial charge in [0, 0.05) is 24.5 Å². The number of halogens is 2. The number of aryl methyl sites for hydroxylation is 1. The van der Waals surface area contributed by atoms with E-state index in [1.165, 1.54) is 4.90 Å². The Morgan fingerprint density at radius 1 is 0.949 bits per heavy atom. The summed E-state index contributed by atoms with van der Waals surface area (Å²) in [4.78, 5) is 32.1. The highest BCUT2D eigenvalue weighted by atomic mass is 35.5. The maximum atomic E-state index is 13.4. The molecule has 196 valence electrons. The molecule has 0 spiro atoms. The van der Waals surface area contributed by atoms with E-state index in [1.54, 1.807) is 54.9 Å². The summed E-state index contributed by atoms with van der Waals surface area (Å²) in [5, 5.41) is 12.1. The number of hydrogen-bond donors (Lipinski definition) is 1. The van der Waals surface area contributed by atoms with Gasteiger partial charge in [0.1, 0.15) is 18.1 Å². The first-order chi connectivity index (χ1) is 18.8. The highest BCUT2D eigenvalue weighted by molar-refractivity contribution is 6.46. The molecule has 1 atom stereocenters. The van der Waals surface area contributed by atoms with E-state index >= 15 is 0 Å². The van der Waals surface area contributed by atoms with Crippen LogP contribution in [-0.2, 0) is 22.7 Å². The number of nitrogens with zero attached hydrogens (tertiary/aromatic N) is 2. The molecule has 6 nitrogen and oxygen atoms in total. The largest absolute Gasteiger partial charge is 0.507 e. The van der Waals surface area contributed by atoms with Gasteiger partial charge in [-0.1, -0.05) is 65.7 Å². The van der Waals surface area contributed by atoms with Gasteiger partial charge in [-0.3, -0.25) is 14.6 Å². The molecule has 0 unspecified atom stereocenters. The van der Waals surface area contributed by atoms with Crippen molar-refractivity contribution in [1.82, 2.24) is 9.88 Å². The maximum absolute atomic E-state index is 13.4. The summed E-state index contributed by atoms with van der Waals surface area (Å²) in [7, 11) is 0. The molecular formula is C31H24Cl2N2O4. The van der Waals surface area contributed by atoms with Crippen molar-refractivity contribution >= 4 is 40.7 Å². The average molecular weight is 559 g/mol. The Labute approximate surface area is 236 Å². The first-order valence-corrected chi connectivity index (χ1v) is 13.0. The van der Waals surface area contributed by atoms with E-state index in [0.29, 0.717) is 28.5 Å². The molecule has 1 saturated heterocycles. The predicted octanol–water partition coefficient (Wildman–Crippen LogP) is 6.90. The summed E-state index contributed by atoms with van der Waals surface area (Å²) in [5.41, 5.74) is 3.45. The number of ether oxygens (including phenoxy) is 1. The number of likely N-dealkylation sites (tertiary alicyclic amines) is 1. The quantitative estimate of drug-likeness (QED) is 0.151. The van der Waals surface area contributed by atoms with Crippen molar-refractivity contribution in [3.63, 3.8) is 0 Å². The van der Waals surface area contributed by atoms with Crippen LogP contribution < -0.4 is 4.74 Å². The van der Waals surface area contributed by atoms with Crippen LogP contribution in [-0.4, -0.2) is 26.7 Å². The minimum absolute atomic E-state index is 0.0281. The SMILES string of the molecule is Cc1cc(C(O)=C2C(=O)C(=O)N(Cc3cccnc3)[C@H]2c2ccc(Cl)c(Cl)c2)ccc1OCc1ccccc1. The van der Waals surface area contributed by atoms with Crippen molar-refractivity contribution in [2.24, 2.45) is 0 Å². The highest BCUT2D eigenvalue weighted by Crippen LogP contribution is 2.42. The summed E-state index contributed by atoms with van der Waals surface area (Å²) in [6.07, 6.45) is 3.26. The zero-order valence-corrected chi connectivity index (χ0v) is 22.5. The number of pyridine rings is 1. The molecular weight excluding hydrogens is 535 g/mol. The lowest BCUT2D eigenvalue weighted by Gasteiger charge is -2.25. The predicted molar refractivity (Wildman–Crippen MR) is 150 cm³/mol. The van der Waals surface area contributed by atoms with Crippen LogP contribution in [0.5, 0.6) is 5.75 Å². The monoisotopic (exact) mass is 558 g/mol. The Morgan fingerprint density at radius 3 is 2.41 bits per heavy atom. The Hall–Kier alpha value is -4.13. The van der Waals surface area contributed by atoms with E-state index in [0.717, 1.165) is 16.7 Å². The lowest BCUT2D eigenvalue weighted by Crippen LogP contribution is -2.29. The fourth-order valence-electron chi connectivity index (χ4n) is 4.61. The Balaban J connectivity index is 1.53. The third-order valence-electron chi connectivity index (χ3n) is 6.56. The molecule has 8 heteroatoms. The first kappa shape index (κ1) is 26.5. The zero-order valence-electron chi connectivity index (χ0n) is 21.0. The van der Waals surface area contributed by atoms with E-state index < -0.39 is 17.7 Å². The van der Waals surface area contributed by atoms with Gasteiger partial charge >= 0.3 is 0 Å². The molecule has 4 aromatic rings. The molecule has 3 aromatic carbocycles. The average Bonchev–Trinajstić information content (AvgIpc) is 3.19. The first-order valence-electron chi connectivity index (χ1n) is 12.2. The summed E-state index contributed by atoms with van der Waals surface area (Å²) in [6, 6.07) is 22.5. The van der Waals surface area contributed by atoms with Gasteiger partial charge in [0.15, 0.2) is 0 Å². The van der Waals surface area contributed by atoms with Gasteiger partial charge in [-0.2, -0.15) is 0 Å². The minimum atomic E-state index is -0.880. The van der Waals surface area contributed by atoms with E-state index in [-0.39, 0.29) is 22.9 Å². The second-order valence-corrected chi connectivity index (χ2v) is 10.0. The molecule has 0 bridgehead atoms. The molecule has 0 saturated carbocycles. The number of carbonyl (C=O) groups excluding carboxylic acids is 2. The number of Topliss-reactive ketones (excluding diaryl/α,β-unsaturated/α-hetero) is 1. The van der Waals surface area contributed by atoms with Crippen LogP contribution in [0.25, 0.3) is 5.76 Å². The normalized spacial score (nSPS) is 16.5. The number of amides is 1. The van der Waals surface area contributed by atoms with E-state index in [2.05, 4.69) is 4.98 Å². The maximum Gasteiger partial charge on any atom is 0.295 e. The van der Waals surface area contributed by atoms with Gasteiger partial charge in [-0.15, -0.1) is 0 Å². The third-order valence-corrected chi connectivity index (χ3v) is 7.30. The van der Waals surface area contributed by atoms with Gasteiger partial charge in [0.2, 0.25) is 0 Å². The van der Waals surface area contributed by atoms with Crippen LogP contribution in [0.1, 0.15) is 33.9 Å². The van der Waals surface area contributed by atoms with Crippen LogP contribution >= 0.6 is 23.2 Å². The van der Waals surface area contributed by atoms with E-state index in [4.69, 9.17) is 27.9 Å². The van der Waals surface area contributed by atoms with Crippen LogP contribution in [0.2, 0.25) is 10.0 Å². The molecule has 1 fully saturated rings. The molecule has 0 radical (unpaired) electrons. The number of aliphatic hydroxyl groups is 1. The lowest BCUT2D eigenvalue weighted by atomic mass is 9.94. The highest BCUT2D eigenvalue weighted by Gasteiger charge is 2.46. The molecule has 1 aliphatic heterocycles. The number of ketones is 1. The van der Waals surface area contributed by atoms with E-state index in [1.807, 2.05) is 43.3 Å². The lowest BCUT2D eigenvalue weighted by molar-refractivity contribution is -0.140. The Kier molecular flexibility index (Phi) is 7.68. The molecule has 1 amide bonds. The summed E-state index contributed by atoms with van der Waals surface area (Å²) in [6.45, 7) is 2.36. The second-order valence-electron chi connectivity index (χ2n) is 9.22. The molecule has 1 N–H and O–H groups in total. The topological polar surface area (TPSA) is 79.7 Å². The summed E-state index contributed by atoms with van der Waals surface area (Å²) in [5.74, 6) is -1.14. The Morgan fingerprint density at radius 2 is 1.72 bits per heavy atom. The van der Waals surface area contributed by atoms with Crippen molar-refractivity contribution in [2.45, 2.75) is 26.1 Å². The van der Waals surface area contributed by atoms with Gasteiger partial charge in [-0.25, -0.2) is 0 Å². The number of hydrogen-bond acceptors (Lipinski definition) is 5. The van der Waals surface area contributed by atoms with Crippen LogP contribution in [0, 0.1) is 6.92 Å². The summed E-state index contributed by atoms with van der Waals surface area (Å²) >= 11 is 12.4. The van der Waals surface area contributed by atoms with Gasteiger partial charge < -0.3 is 14.7 Å². The van der Waals surface area contributed by atoms with E-state index in [9.17, 15) is 14.7 Å². The summed E-state index contributed by atoms with van der Waals surface area (Å²) < 4.78 is 5.96. The second kappa shape index (κ2) is 11.3. The van der Waals surface area contributed by atoms with Crippen molar-refractivity contribution in [3.05, 3.63) is 135 Å². The number of rotatable bonds is 7. The minimum Gasteiger partial charge on any atom is -0.507 e. The van der Waals surface area contributed by atoms with Crippen molar-refractivity contribution < 1.29 is 19.4 Å².